The molecular formula is C11H20N4O3. The standard InChI is InChI=1S/C11H20N4O3/c1-11(2,15-5-3-12-4-6-15)10(17)13-8-7-18-14-9(8)16/h8,12H,3-7H2,1-2H3,(H,13,17)(H,14,16)/t8-/m1/s1. The molecule has 2 heterocycles. The van der Waals surface area contributed by atoms with E-state index in [9.17, 15) is 9.59 Å². The van der Waals surface area contributed by atoms with Gasteiger partial charge in [0, 0.05) is 26.2 Å². The summed E-state index contributed by atoms with van der Waals surface area (Å²) in [5.74, 6) is -0.436. The zero-order chi connectivity index (χ0) is 13.2. The summed E-state index contributed by atoms with van der Waals surface area (Å²) in [5, 5.41) is 5.98. The number of carbonyl (C=O) groups excluding carboxylic acids is 2. The molecule has 0 radical (unpaired) electrons. The summed E-state index contributed by atoms with van der Waals surface area (Å²) in [6.45, 7) is 7.35. The topological polar surface area (TPSA) is 82.7 Å². The van der Waals surface area contributed by atoms with Crippen molar-refractivity contribution >= 4 is 11.8 Å². The maximum atomic E-state index is 12.3. The maximum absolute atomic E-state index is 12.3. The van der Waals surface area contributed by atoms with Gasteiger partial charge in [0.2, 0.25) is 5.91 Å². The molecule has 2 aliphatic heterocycles. The Balaban J connectivity index is 1.95. The molecule has 3 N–H and O–H groups in total. The molecule has 102 valence electrons. The lowest BCUT2D eigenvalue weighted by atomic mass is 10.00. The predicted octanol–water partition coefficient (Wildman–Crippen LogP) is -1.78. The second-order valence-corrected chi connectivity index (χ2v) is 5.10. The van der Waals surface area contributed by atoms with Crippen LogP contribution < -0.4 is 16.1 Å². The summed E-state index contributed by atoms with van der Waals surface area (Å²) in [7, 11) is 0. The molecule has 1 atom stereocenters. The number of hydroxylamine groups is 1. The van der Waals surface area contributed by atoms with Crippen molar-refractivity contribution in [2.75, 3.05) is 32.8 Å². The number of rotatable bonds is 3. The predicted molar refractivity (Wildman–Crippen MR) is 64.5 cm³/mol. The van der Waals surface area contributed by atoms with Crippen molar-refractivity contribution in [1.82, 2.24) is 21.0 Å². The molecule has 0 unspecified atom stereocenters. The van der Waals surface area contributed by atoms with Crippen LogP contribution in [0, 0.1) is 0 Å². The SMILES string of the molecule is CC(C)(C(=O)N[C@@H]1CONC1=O)N1CCNCC1. The van der Waals surface area contributed by atoms with Crippen molar-refractivity contribution in [3.63, 3.8) is 0 Å². The third kappa shape index (κ3) is 2.63. The van der Waals surface area contributed by atoms with Gasteiger partial charge < -0.3 is 10.6 Å². The Kier molecular flexibility index (Phi) is 3.84. The van der Waals surface area contributed by atoms with E-state index in [2.05, 4.69) is 21.0 Å². The average molecular weight is 256 g/mol. The summed E-state index contributed by atoms with van der Waals surface area (Å²) in [4.78, 5) is 30.5. The quantitative estimate of drug-likeness (QED) is 0.556. The van der Waals surface area contributed by atoms with Crippen LogP contribution >= 0.6 is 0 Å². The van der Waals surface area contributed by atoms with E-state index in [0.29, 0.717) is 0 Å². The monoisotopic (exact) mass is 256 g/mol. The minimum atomic E-state index is -0.620. The van der Waals surface area contributed by atoms with Gasteiger partial charge in [-0.15, -0.1) is 0 Å². The van der Waals surface area contributed by atoms with Crippen LogP contribution in [-0.4, -0.2) is 61.1 Å². The van der Waals surface area contributed by atoms with E-state index in [1.807, 2.05) is 13.8 Å². The van der Waals surface area contributed by atoms with Crippen LogP contribution in [0.2, 0.25) is 0 Å². The third-order valence-corrected chi connectivity index (χ3v) is 3.51. The summed E-state index contributed by atoms with van der Waals surface area (Å²) in [6, 6.07) is -0.584. The van der Waals surface area contributed by atoms with E-state index in [1.54, 1.807) is 0 Å². The number of nitrogens with zero attached hydrogens (tertiary/aromatic N) is 1. The molecule has 0 bridgehead atoms. The number of amides is 2. The van der Waals surface area contributed by atoms with E-state index in [0.717, 1.165) is 26.2 Å². The number of piperazine rings is 1. The molecule has 2 fully saturated rings. The lowest BCUT2D eigenvalue weighted by Gasteiger charge is -2.40. The maximum Gasteiger partial charge on any atom is 0.268 e. The molecule has 7 heteroatoms. The van der Waals surface area contributed by atoms with Crippen LogP contribution in [-0.2, 0) is 14.4 Å². The Morgan fingerprint density at radius 3 is 2.67 bits per heavy atom. The van der Waals surface area contributed by atoms with Crippen LogP contribution in [0.1, 0.15) is 13.8 Å². The Bertz CT molecular complexity index is 339. The zero-order valence-corrected chi connectivity index (χ0v) is 10.8. The second-order valence-electron chi connectivity index (χ2n) is 5.10. The van der Waals surface area contributed by atoms with Crippen molar-refractivity contribution in [2.24, 2.45) is 0 Å². The first-order chi connectivity index (χ1) is 8.51. The van der Waals surface area contributed by atoms with Gasteiger partial charge in [-0.05, 0) is 13.8 Å². The number of hydrogen-bond acceptors (Lipinski definition) is 5. The minimum absolute atomic E-state index is 0.143. The van der Waals surface area contributed by atoms with E-state index >= 15 is 0 Å². The van der Waals surface area contributed by atoms with Crippen LogP contribution in [0.15, 0.2) is 0 Å². The van der Waals surface area contributed by atoms with Gasteiger partial charge >= 0.3 is 0 Å². The molecule has 2 saturated heterocycles. The molecule has 0 saturated carbocycles. The van der Waals surface area contributed by atoms with Crippen molar-refractivity contribution in [2.45, 2.75) is 25.4 Å². The van der Waals surface area contributed by atoms with Crippen molar-refractivity contribution in [3.05, 3.63) is 0 Å². The zero-order valence-electron chi connectivity index (χ0n) is 10.8. The van der Waals surface area contributed by atoms with Crippen LogP contribution in [0.4, 0.5) is 0 Å². The van der Waals surface area contributed by atoms with Gasteiger partial charge in [0.1, 0.15) is 12.6 Å². The van der Waals surface area contributed by atoms with Crippen LogP contribution in [0.5, 0.6) is 0 Å². The normalized spacial score (nSPS) is 25.9. The first-order valence-corrected chi connectivity index (χ1v) is 6.20. The Hall–Kier alpha value is -1.18. The number of carbonyl (C=O) groups is 2. The van der Waals surface area contributed by atoms with E-state index in [1.165, 1.54) is 0 Å². The molecule has 2 aliphatic rings. The van der Waals surface area contributed by atoms with Gasteiger partial charge in [0.25, 0.3) is 5.91 Å². The molecule has 0 aliphatic carbocycles. The number of hydrogen-bond donors (Lipinski definition) is 3. The molecule has 18 heavy (non-hydrogen) atoms. The van der Waals surface area contributed by atoms with Gasteiger partial charge in [-0.25, -0.2) is 5.48 Å². The fourth-order valence-corrected chi connectivity index (χ4v) is 2.15. The van der Waals surface area contributed by atoms with Gasteiger partial charge in [-0.2, -0.15) is 0 Å². The van der Waals surface area contributed by atoms with Gasteiger partial charge in [-0.3, -0.25) is 19.3 Å². The fraction of sp³-hybridized carbons (Fsp3) is 0.818. The third-order valence-electron chi connectivity index (χ3n) is 3.51. The van der Waals surface area contributed by atoms with Gasteiger partial charge in [0.15, 0.2) is 0 Å². The van der Waals surface area contributed by atoms with E-state index < -0.39 is 11.6 Å². The first-order valence-electron chi connectivity index (χ1n) is 6.20. The molecule has 0 aromatic heterocycles. The summed E-state index contributed by atoms with van der Waals surface area (Å²) in [5.41, 5.74) is 1.61. The highest BCUT2D eigenvalue weighted by Gasteiger charge is 2.38. The lowest BCUT2D eigenvalue weighted by molar-refractivity contribution is -0.135. The molecule has 0 aromatic rings. The summed E-state index contributed by atoms with van der Waals surface area (Å²) in [6.07, 6.45) is 0. The van der Waals surface area contributed by atoms with Crippen molar-refractivity contribution in [3.8, 4) is 0 Å². The highest BCUT2D eigenvalue weighted by molar-refractivity contribution is 5.92. The highest BCUT2D eigenvalue weighted by Crippen LogP contribution is 2.15. The largest absolute Gasteiger partial charge is 0.341 e. The minimum Gasteiger partial charge on any atom is -0.341 e. The van der Waals surface area contributed by atoms with E-state index in [4.69, 9.17) is 4.84 Å². The van der Waals surface area contributed by atoms with Crippen LogP contribution in [0.3, 0.4) is 0 Å². The smallest absolute Gasteiger partial charge is 0.268 e. The molecule has 2 rings (SSSR count). The summed E-state index contributed by atoms with van der Waals surface area (Å²) < 4.78 is 0. The Morgan fingerprint density at radius 2 is 2.11 bits per heavy atom. The molecule has 0 aromatic carbocycles. The fourth-order valence-electron chi connectivity index (χ4n) is 2.15. The Morgan fingerprint density at radius 1 is 1.44 bits per heavy atom. The Labute approximate surface area is 106 Å². The summed E-state index contributed by atoms with van der Waals surface area (Å²) >= 11 is 0. The average Bonchev–Trinajstić information content (AvgIpc) is 2.76. The molecule has 7 nitrogen and oxygen atoms in total. The molecule has 0 spiro atoms. The molecular weight excluding hydrogens is 236 g/mol. The van der Waals surface area contributed by atoms with Crippen LogP contribution in [0.25, 0.3) is 0 Å². The first kappa shape index (κ1) is 13.3. The highest BCUT2D eigenvalue weighted by atomic mass is 16.7. The second kappa shape index (κ2) is 5.21. The lowest BCUT2D eigenvalue weighted by Crippen LogP contribution is -2.61. The number of nitrogens with one attached hydrogen (secondary N) is 3. The van der Waals surface area contributed by atoms with Gasteiger partial charge in [0.05, 0.1) is 5.54 Å². The molecule has 2 amide bonds. The van der Waals surface area contributed by atoms with Crippen molar-refractivity contribution < 1.29 is 14.4 Å². The van der Waals surface area contributed by atoms with Gasteiger partial charge in [-0.1, -0.05) is 0 Å². The van der Waals surface area contributed by atoms with Crippen molar-refractivity contribution in [1.29, 1.82) is 0 Å². The van der Waals surface area contributed by atoms with E-state index in [-0.39, 0.29) is 18.4 Å².